The van der Waals surface area contributed by atoms with E-state index in [0.717, 1.165) is 16.7 Å². The minimum absolute atomic E-state index is 0.241. The number of benzene rings is 2. The zero-order valence-corrected chi connectivity index (χ0v) is 13.2. The fourth-order valence-electron chi connectivity index (χ4n) is 2.54. The number of hydrogen-bond donors (Lipinski definition) is 0. The minimum Gasteiger partial charge on any atom is -0.470 e. The molecule has 0 spiro atoms. The van der Waals surface area contributed by atoms with Crippen molar-refractivity contribution >= 4 is 11.9 Å². The van der Waals surface area contributed by atoms with E-state index in [9.17, 15) is 4.79 Å². The van der Waals surface area contributed by atoms with Crippen molar-refractivity contribution in [3.05, 3.63) is 71.3 Å². The van der Waals surface area contributed by atoms with Crippen LogP contribution in [-0.2, 0) is 20.9 Å². The van der Waals surface area contributed by atoms with Crippen molar-refractivity contribution in [2.45, 2.75) is 32.6 Å². The van der Waals surface area contributed by atoms with E-state index in [-0.39, 0.29) is 12.6 Å². The Hall–Kier alpha value is -2.62. The summed E-state index contributed by atoms with van der Waals surface area (Å²) >= 11 is 0. The van der Waals surface area contributed by atoms with E-state index < -0.39 is 12.1 Å². The van der Waals surface area contributed by atoms with E-state index >= 15 is 0 Å². The predicted molar refractivity (Wildman–Crippen MR) is 88.1 cm³/mol. The van der Waals surface area contributed by atoms with Crippen molar-refractivity contribution < 1.29 is 14.3 Å². The van der Waals surface area contributed by atoms with Crippen LogP contribution in [0.2, 0.25) is 0 Å². The van der Waals surface area contributed by atoms with Crippen molar-refractivity contribution in [3.8, 4) is 0 Å². The number of carbonyl (C=O) groups excluding carboxylic acids is 1. The van der Waals surface area contributed by atoms with Crippen molar-refractivity contribution in [3.63, 3.8) is 0 Å². The fourth-order valence-corrected chi connectivity index (χ4v) is 2.54. The van der Waals surface area contributed by atoms with Crippen LogP contribution in [0.4, 0.5) is 0 Å². The molecule has 2 aromatic carbocycles. The zero-order valence-electron chi connectivity index (χ0n) is 13.2. The number of esters is 1. The first kappa shape index (κ1) is 15.3. The summed E-state index contributed by atoms with van der Waals surface area (Å²) in [7, 11) is 0. The highest BCUT2D eigenvalue weighted by Gasteiger charge is 2.37. The first-order valence-corrected chi connectivity index (χ1v) is 7.61. The molecule has 0 amide bonds. The zero-order chi connectivity index (χ0) is 16.2. The Bertz CT molecular complexity index is 707. The summed E-state index contributed by atoms with van der Waals surface area (Å²) < 4.78 is 11.1. The van der Waals surface area contributed by atoms with Gasteiger partial charge < -0.3 is 9.47 Å². The Morgan fingerprint density at radius 3 is 2.48 bits per heavy atom. The molecule has 2 aromatic rings. The molecule has 1 heterocycles. The molecule has 2 unspecified atom stereocenters. The van der Waals surface area contributed by atoms with Gasteiger partial charge in [0, 0.05) is 6.92 Å². The first-order chi connectivity index (χ1) is 11.1. The van der Waals surface area contributed by atoms with Gasteiger partial charge in [0.25, 0.3) is 0 Å². The average Bonchev–Trinajstić information content (AvgIpc) is 2.96. The molecule has 0 N–H and O–H groups in total. The smallest absolute Gasteiger partial charge is 0.335 e. The first-order valence-electron chi connectivity index (χ1n) is 7.61. The summed E-state index contributed by atoms with van der Waals surface area (Å²) in [5, 5.41) is 0. The van der Waals surface area contributed by atoms with Gasteiger partial charge in [-0.3, -0.25) is 0 Å². The Morgan fingerprint density at radius 2 is 1.78 bits per heavy atom. The number of aryl methyl sites for hydroxylation is 1. The molecule has 0 saturated heterocycles. The number of hydrogen-bond acceptors (Lipinski definition) is 4. The van der Waals surface area contributed by atoms with Crippen LogP contribution in [0.1, 0.15) is 29.7 Å². The molecule has 0 bridgehead atoms. The van der Waals surface area contributed by atoms with Crippen LogP contribution in [-0.4, -0.2) is 17.9 Å². The van der Waals surface area contributed by atoms with E-state index in [1.165, 1.54) is 0 Å². The van der Waals surface area contributed by atoms with Crippen LogP contribution in [0, 0.1) is 6.92 Å². The molecular formula is C19H19NO3. The number of ether oxygens (including phenoxy) is 2. The number of rotatable bonds is 4. The van der Waals surface area contributed by atoms with Crippen LogP contribution in [0.25, 0.3) is 0 Å². The fraction of sp³-hybridized carbons (Fsp3) is 0.263. The summed E-state index contributed by atoms with van der Waals surface area (Å²) in [5.74, 6) is 0.147. The standard InChI is InChI=1S/C19H19NO3/c1-13-8-10-16(11-9-13)18-17(20-14(2)23-18)19(21)22-12-15-6-4-3-5-7-15/h3-11,17-18H,12H2,1-2H3. The molecule has 0 aliphatic carbocycles. The van der Waals surface area contributed by atoms with Crippen LogP contribution >= 0.6 is 0 Å². The maximum atomic E-state index is 12.4. The summed E-state index contributed by atoms with van der Waals surface area (Å²) in [6.07, 6.45) is -0.418. The Morgan fingerprint density at radius 1 is 1.09 bits per heavy atom. The van der Waals surface area contributed by atoms with Crippen molar-refractivity contribution in [1.82, 2.24) is 0 Å². The van der Waals surface area contributed by atoms with Crippen LogP contribution in [0.15, 0.2) is 59.6 Å². The van der Waals surface area contributed by atoms with Gasteiger partial charge in [-0.1, -0.05) is 60.2 Å². The van der Waals surface area contributed by atoms with Crippen molar-refractivity contribution in [2.24, 2.45) is 4.99 Å². The Balaban J connectivity index is 1.71. The summed E-state index contributed by atoms with van der Waals surface area (Å²) in [4.78, 5) is 16.7. The second-order valence-corrected chi connectivity index (χ2v) is 5.64. The highest BCUT2D eigenvalue weighted by Crippen LogP contribution is 2.30. The van der Waals surface area contributed by atoms with Gasteiger partial charge in [0.1, 0.15) is 6.61 Å². The molecule has 118 valence electrons. The third-order valence-corrected chi connectivity index (χ3v) is 3.78. The molecule has 0 saturated carbocycles. The number of carbonyl (C=O) groups is 1. The van der Waals surface area contributed by atoms with Crippen molar-refractivity contribution in [1.29, 1.82) is 0 Å². The number of aliphatic imine (C=N–C) groups is 1. The second-order valence-electron chi connectivity index (χ2n) is 5.64. The van der Waals surface area contributed by atoms with Gasteiger partial charge in [0.2, 0.25) is 0 Å². The van der Waals surface area contributed by atoms with Crippen LogP contribution in [0.3, 0.4) is 0 Å². The Labute approximate surface area is 135 Å². The molecule has 0 radical (unpaired) electrons. The molecule has 1 aliphatic rings. The van der Waals surface area contributed by atoms with E-state index in [1.807, 2.05) is 61.5 Å². The normalized spacial score (nSPS) is 19.8. The van der Waals surface area contributed by atoms with Crippen LogP contribution in [0.5, 0.6) is 0 Å². The predicted octanol–water partition coefficient (Wildman–Crippen LogP) is 3.60. The van der Waals surface area contributed by atoms with E-state index in [2.05, 4.69) is 4.99 Å². The van der Waals surface area contributed by atoms with Crippen molar-refractivity contribution in [2.75, 3.05) is 0 Å². The van der Waals surface area contributed by atoms with Gasteiger partial charge in [-0.25, -0.2) is 9.79 Å². The van der Waals surface area contributed by atoms with Crippen LogP contribution < -0.4 is 0 Å². The van der Waals surface area contributed by atoms with Gasteiger partial charge in [-0.15, -0.1) is 0 Å². The largest absolute Gasteiger partial charge is 0.470 e. The molecule has 4 heteroatoms. The van der Waals surface area contributed by atoms with Gasteiger partial charge >= 0.3 is 5.97 Å². The lowest BCUT2D eigenvalue weighted by atomic mass is 10.0. The topological polar surface area (TPSA) is 47.9 Å². The van der Waals surface area contributed by atoms with E-state index in [4.69, 9.17) is 9.47 Å². The maximum absolute atomic E-state index is 12.4. The van der Waals surface area contributed by atoms with Gasteiger partial charge in [0.15, 0.2) is 18.0 Å². The Kier molecular flexibility index (Phi) is 4.42. The molecular weight excluding hydrogens is 290 g/mol. The highest BCUT2D eigenvalue weighted by molar-refractivity contribution is 5.85. The van der Waals surface area contributed by atoms with Gasteiger partial charge in [0.05, 0.1) is 0 Å². The monoisotopic (exact) mass is 309 g/mol. The van der Waals surface area contributed by atoms with E-state index in [1.54, 1.807) is 6.92 Å². The third kappa shape index (κ3) is 3.59. The molecule has 23 heavy (non-hydrogen) atoms. The lowest BCUT2D eigenvalue weighted by Crippen LogP contribution is -2.26. The summed E-state index contributed by atoms with van der Waals surface area (Å²) in [5.41, 5.74) is 3.04. The quantitative estimate of drug-likeness (QED) is 0.811. The van der Waals surface area contributed by atoms with Gasteiger partial charge in [-0.05, 0) is 18.1 Å². The molecule has 1 aliphatic heterocycles. The van der Waals surface area contributed by atoms with Gasteiger partial charge in [-0.2, -0.15) is 0 Å². The minimum atomic E-state index is -0.651. The van der Waals surface area contributed by atoms with E-state index in [0.29, 0.717) is 5.90 Å². The third-order valence-electron chi connectivity index (χ3n) is 3.78. The summed E-state index contributed by atoms with van der Waals surface area (Å²) in [6.45, 7) is 4.02. The highest BCUT2D eigenvalue weighted by atomic mass is 16.5. The molecule has 0 fully saturated rings. The summed E-state index contributed by atoms with van der Waals surface area (Å²) in [6, 6.07) is 16.9. The molecule has 0 aromatic heterocycles. The lowest BCUT2D eigenvalue weighted by Gasteiger charge is -2.17. The second kappa shape index (κ2) is 6.65. The molecule has 3 rings (SSSR count). The SMILES string of the molecule is CC1=NC(C(=O)OCc2ccccc2)C(c2ccc(C)cc2)O1. The average molecular weight is 309 g/mol. The lowest BCUT2D eigenvalue weighted by molar-refractivity contribution is -0.148. The molecule has 2 atom stereocenters. The number of nitrogens with zero attached hydrogens (tertiary/aromatic N) is 1. The molecule has 4 nitrogen and oxygen atoms in total. The maximum Gasteiger partial charge on any atom is 0.335 e.